The van der Waals surface area contributed by atoms with Crippen molar-refractivity contribution >= 4 is 12.0 Å². The van der Waals surface area contributed by atoms with E-state index in [2.05, 4.69) is 0 Å². The molecule has 0 rings (SSSR count). The van der Waals surface area contributed by atoms with Crippen LogP contribution in [0.4, 0.5) is 4.79 Å². The summed E-state index contributed by atoms with van der Waals surface area (Å²) < 4.78 is 0. The third-order valence-corrected chi connectivity index (χ3v) is 0.519. The van der Waals surface area contributed by atoms with Crippen LogP contribution in [0.2, 0.25) is 0 Å². The predicted molar refractivity (Wildman–Crippen MR) is 37.5 cm³/mol. The number of carbonyl (C=O) groups is 1. The van der Waals surface area contributed by atoms with Gasteiger partial charge in [0.1, 0.15) is 0 Å². The van der Waals surface area contributed by atoms with E-state index in [1.54, 1.807) is 0 Å². The average molecular weight is 148 g/mol. The van der Waals surface area contributed by atoms with Gasteiger partial charge in [-0.25, -0.2) is 4.79 Å². The summed E-state index contributed by atoms with van der Waals surface area (Å²) >= 11 is 0. The Morgan fingerprint density at radius 1 is 1.60 bits per heavy atom. The first-order chi connectivity index (χ1) is 4.50. The van der Waals surface area contributed by atoms with Gasteiger partial charge in [-0.2, -0.15) is 0 Å². The lowest BCUT2D eigenvalue weighted by Gasteiger charge is -1.85. The van der Waals surface area contributed by atoms with Gasteiger partial charge in [0.2, 0.25) is 0 Å². The van der Waals surface area contributed by atoms with Gasteiger partial charge in [-0.15, -0.1) is 0 Å². The zero-order valence-corrected chi connectivity index (χ0v) is 5.79. The van der Waals surface area contributed by atoms with Crippen molar-refractivity contribution in [2.75, 3.05) is 0 Å². The first kappa shape index (κ1) is 11.5. The Balaban J connectivity index is 0. The molecule has 60 valence electrons. The highest BCUT2D eigenvalue weighted by atomic mass is 16.6. The maximum atomic E-state index is 8.56. The van der Waals surface area contributed by atoms with Crippen molar-refractivity contribution in [3.63, 3.8) is 0 Å². The number of rotatable bonds is 2. The third kappa shape index (κ3) is 73.3. The zero-order chi connectivity index (χ0) is 8.57. The van der Waals surface area contributed by atoms with Crippen LogP contribution in [-0.4, -0.2) is 22.2 Å². The summed E-state index contributed by atoms with van der Waals surface area (Å²) in [7, 11) is 0. The van der Waals surface area contributed by atoms with E-state index in [0.717, 1.165) is 12.8 Å². The second kappa shape index (κ2) is 7.74. The Morgan fingerprint density at radius 3 is 1.90 bits per heavy atom. The predicted octanol–water partition coefficient (Wildman–Crippen LogP) is 0.945. The van der Waals surface area contributed by atoms with E-state index < -0.39 is 6.16 Å². The molecule has 0 aromatic rings. The molecule has 5 nitrogen and oxygen atoms in total. The molecular formula is C5H12N2O3. The number of hydrogen-bond acceptors (Lipinski definition) is 2. The fourth-order valence-corrected chi connectivity index (χ4v) is 0.269. The largest absolute Gasteiger partial charge is 0.503 e. The van der Waals surface area contributed by atoms with Gasteiger partial charge in [-0.1, -0.05) is 6.92 Å². The summed E-state index contributed by atoms with van der Waals surface area (Å²) in [5.74, 6) is 0.289. The van der Waals surface area contributed by atoms with E-state index >= 15 is 0 Å². The van der Waals surface area contributed by atoms with Crippen molar-refractivity contribution in [2.24, 2.45) is 5.73 Å². The minimum Gasteiger partial charge on any atom is -0.450 e. The number of hydrogen-bond donors (Lipinski definition) is 4. The molecule has 0 aliphatic heterocycles. The molecule has 0 aliphatic carbocycles. The van der Waals surface area contributed by atoms with Gasteiger partial charge in [0.05, 0.1) is 5.84 Å². The lowest BCUT2D eigenvalue weighted by atomic mass is 10.3. The van der Waals surface area contributed by atoms with Crippen molar-refractivity contribution in [3.05, 3.63) is 0 Å². The highest BCUT2D eigenvalue weighted by Crippen LogP contribution is 1.80. The molecule has 0 spiro atoms. The molecule has 0 unspecified atom stereocenters. The fraction of sp³-hybridized carbons (Fsp3) is 0.600. The topological polar surface area (TPSA) is 107 Å². The SMILES string of the molecule is CCCC(=N)N.O=C(O)O. The van der Waals surface area contributed by atoms with E-state index in [4.69, 9.17) is 26.2 Å². The molecule has 0 amide bonds. The average Bonchev–Trinajstić information content (AvgIpc) is 1.62. The molecule has 0 aromatic heterocycles. The summed E-state index contributed by atoms with van der Waals surface area (Å²) in [5.41, 5.74) is 4.99. The van der Waals surface area contributed by atoms with Crippen molar-refractivity contribution in [2.45, 2.75) is 19.8 Å². The van der Waals surface area contributed by atoms with Crippen molar-refractivity contribution in [3.8, 4) is 0 Å². The van der Waals surface area contributed by atoms with Gasteiger partial charge in [0.15, 0.2) is 0 Å². The van der Waals surface area contributed by atoms with Crippen LogP contribution in [-0.2, 0) is 0 Å². The molecule has 5 N–H and O–H groups in total. The van der Waals surface area contributed by atoms with Gasteiger partial charge in [-0.3, -0.25) is 5.41 Å². The van der Waals surface area contributed by atoms with Crippen molar-refractivity contribution in [1.82, 2.24) is 0 Å². The molecule has 5 heteroatoms. The maximum Gasteiger partial charge on any atom is 0.503 e. The third-order valence-electron chi connectivity index (χ3n) is 0.519. The molecule has 0 fully saturated rings. The Labute approximate surface area is 59.0 Å². The minimum atomic E-state index is -1.83. The van der Waals surface area contributed by atoms with E-state index in [9.17, 15) is 0 Å². The normalized spacial score (nSPS) is 7.30. The standard InChI is InChI=1S/C4H10N2.CH2O3/c1-2-3-4(5)6;2-1(3)4/h2-3H2,1H3,(H3,5,6);(H2,2,3,4). The molecule has 0 bridgehead atoms. The smallest absolute Gasteiger partial charge is 0.450 e. The van der Waals surface area contributed by atoms with Crippen LogP contribution in [0.1, 0.15) is 19.8 Å². The lowest BCUT2D eigenvalue weighted by Crippen LogP contribution is -2.07. The van der Waals surface area contributed by atoms with Crippen LogP contribution < -0.4 is 5.73 Å². The number of nitrogens with two attached hydrogens (primary N) is 1. The highest BCUT2D eigenvalue weighted by molar-refractivity contribution is 5.76. The molecule has 0 heterocycles. The highest BCUT2D eigenvalue weighted by Gasteiger charge is 1.79. The van der Waals surface area contributed by atoms with Gasteiger partial charge < -0.3 is 15.9 Å². The molecule has 0 saturated carbocycles. The van der Waals surface area contributed by atoms with E-state index in [0.29, 0.717) is 0 Å². The zero-order valence-electron chi connectivity index (χ0n) is 5.79. The number of carboxylic acid groups (broad SMARTS) is 2. The maximum absolute atomic E-state index is 8.56. The Hall–Kier alpha value is -1.26. The van der Waals surface area contributed by atoms with Crippen LogP contribution in [0.3, 0.4) is 0 Å². The second-order valence-corrected chi connectivity index (χ2v) is 1.56. The van der Waals surface area contributed by atoms with Crippen molar-refractivity contribution in [1.29, 1.82) is 5.41 Å². The number of nitrogens with one attached hydrogen (secondary N) is 1. The van der Waals surface area contributed by atoms with Crippen LogP contribution in [0.25, 0.3) is 0 Å². The van der Waals surface area contributed by atoms with Crippen LogP contribution in [0.5, 0.6) is 0 Å². The molecule has 0 atom stereocenters. The van der Waals surface area contributed by atoms with Crippen molar-refractivity contribution < 1.29 is 15.0 Å². The molecule has 0 aromatic carbocycles. The van der Waals surface area contributed by atoms with Gasteiger partial charge >= 0.3 is 6.16 Å². The van der Waals surface area contributed by atoms with Crippen LogP contribution in [0, 0.1) is 5.41 Å². The van der Waals surface area contributed by atoms with Crippen LogP contribution >= 0.6 is 0 Å². The number of amidine groups is 1. The molecule has 10 heavy (non-hydrogen) atoms. The van der Waals surface area contributed by atoms with E-state index in [1.807, 2.05) is 6.92 Å². The Kier molecular flexibility index (Phi) is 8.92. The monoisotopic (exact) mass is 148 g/mol. The Bertz CT molecular complexity index is 109. The summed E-state index contributed by atoms with van der Waals surface area (Å²) in [4.78, 5) is 8.56. The molecule has 0 aliphatic rings. The van der Waals surface area contributed by atoms with Gasteiger partial charge in [0.25, 0.3) is 0 Å². The van der Waals surface area contributed by atoms with E-state index in [-0.39, 0.29) is 5.84 Å². The van der Waals surface area contributed by atoms with Gasteiger partial charge in [-0.05, 0) is 6.42 Å². The van der Waals surface area contributed by atoms with Crippen LogP contribution in [0.15, 0.2) is 0 Å². The first-order valence-electron chi connectivity index (χ1n) is 2.75. The first-order valence-corrected chi connectivity index (χ1v) is 2.75. The minimum absolute atomic E-state index is 0.289. The lowest BCUT2D eigenvalue weighted by molar-refractivity contribution is 0.137. The molecule has 0 radical (unpaired) electrons. The fourth-order valence-electron chi connectivity index (χ4n) is 0.269. The summed E-state index contributed by atoms with van der Waals surface area (Å²) in [6, 6.07) is 0. The van der Waals surface area contributed by atoms with Gasteiger partial charge in [0, 0.05) is 6.42 Å². The summed E-state index contributed by atoms with van der Waals surface area (Å²) in [6.07, 6.45) is -0.116. The summed E-state index contributed by atoms with van der Waals surface area (Å²) in [5, 5.41) is 20.6. The quantitative estimate of drug-likeness (QED) is 0.345. The van der Waals surface area contributed by atoms with E-state index in [1.165, 1.54) is 0 Å². The molecular weight excluding hydrogens is 136 g/mol. The second-order valence-electron chi connectivity index (χ2n) is 1.56. The summed E-state index contributed by atoms with van der Waals surface area (Å²) in [6.45, 7) is 2.00. The Morgan fingerprint density at radius 2 is 1.90 bits per heavy atom. The molecule has 0 saturated heterocycles.